The van der Waals surface area contributed by atoms with Gasteiger partial charge in [-0.05, 0) is 31.2 Å². The zero-order valence-electron chi connectivity index (χ0n) is 14.1. The molecule has 1 N–H and O–H groups in total. The van der Waals surface area contributed by atoms with E-state index >= 15 is 0 Å². The minimum Gasteiger partial charge on any atom is -0.350 e. The number of nitrogens with zero attached hydrogens (tertiary/aromatic N) is 3. The molecule has 1 aromatic heterocycles. The minimum absolute atomic E-state index is 0.0601. The van der Waals surface area contributed by atoms with Crippen LogP contribution < -0.4 is 5.32 Å². The smallest absolute Gasteiger partial charge is 0.269 e. The van der Waals surface area contributed by atoms with Crippen molar-refractivity contribution < 1.29 is 13.2 Å². The lowest BCUT2D eigenvalue weighted by Crippen LogP contribution is -2.36. The average molecular weight is 342 g/mol. The lowest BCUT2D eigenvalue weighted by molar-refractivity contribution is 0.0946. The van der Waals surface area contributed by atoms with Crippen LogP contribution in [0.15, 0.2) is 6.07 Å². The molecule has 0 aliphatic carbocycles. The monoisotopic (exact) mass is 342 g/mol. The number of hydrogen-bond donors (Lipinski definition) is 1. The van der Waals surface area contributed by atoms with Gasteiger partial charge in [0.15, 0.2) is 0 Å². The molecule has 0 bridgehead atoms. The molecule has 2 heterocycles. The molecule has 2 rings (SSSR count). The standard InChI is InChI=1S/C15H26N4O3S/c1-12(2)10-13-11-14(18(3)17-13)15(20)16-6-9-23(21,22)19-7-4-5-8-19/h11-12H,4-10H2,1-3H3,(H,16,20). The number of hydrogen-bond acceptors (Lipinski definition) is 4. The molecule has 1 aromatic rings. The third kappa shape index (κ3) is 4.78. The fourth-order valence-corrected chi connectivity index (χ4v) is 4.17. The van der Waals surface area contributed by atoms with Crippen LogP contribution in [-0.4, -0.2) is 53.8 Å². The summed E-state index contributed by atoms with van der Waals surface area (Å²) in [6.45, 7) is 5.49. The molecule has 0 saturated carbocycles. The molecular weight excluding hydrogens is 316 g/mol. The molecular formula is C15H26N4O3S. The van der Waals surface area contributed by atoms with Gasteiger partial charge < -0.3 is 5.32 Å². The van der Waals surface area contributed by atoms with Crippen LogP contribution in [0.1, 0.15) is 42.9 Å². The van der Waals surface area contributed by atoms with Gasteiger partial charge in [-0.2, -0.15) is 5.10 Å². The second-order valence-corrected chi connectivity index (χ2v) is 8.51. The summed E-state index contributed by atoms with van der Waals surface area (Å²) in [6, 6.07) is 1.77. The summed E-state index contributed by atoms with van der Waals surface area (Å²) in [7, 11) is -1.54. The Morgan fingerprint density at radius 3 is 2.61 bits per heavy atom. The van der Waals surface area contributed by atoms with Crippen LogP contribution in [0.2, 0.25) is 0 Å². The SMILES string of the molecule is CC(C)Cc1cc(C(=O)NCCS(=O)(=O)N2CCCC2)n(C)n1. The van der Waals surface area contributed by atoms with Crippen molar-refractivity contribution in [1.29, 1.82) is 0 Å². The zero-order valence-corrected chi connectivity index (χ0v) is 14.9. The Balaban J connectivity index is 1.88. The van der Waals surface area contributed by atoms with Gasteiger partial charge in [0.1, 0.15) is 5.69 Å². The van der Waals surface area contributed by atoms with Crippen molar-refractivity contribution in [2.75, 3.05) is 25.4 Å². The van der Waals surface area contributed by atoms with Crippen LogP contribution in [0.5, 0.6) is 0 Å². The summed E-state index contributed by atoms with van der Waals surface area (Å²) in [4.78, 5) is 12.2. The summed E-state index contributed by atoms with van der Waals surface area (Å²) >= 11 is 0. The summed E-state index contributed by atoms with van der Waals surface area (Å²) in [5, 5.41) is 7.00. The lowest BCUT2D eigenvalue weighted by Gasteiger charge is -2.15. The highest BCUT2D eigenvalue weighted by Crippen LogP contribution is 2.13. The van der Waals surface area contributed by atoms with Crippen LogP contribution in [0.3, 0.4) is 0 Å². The Hall–Kier alpha value is -1.41. The van der Waals surface area contributed by atoms with Gasteiger partial charge in [0, 0.05) is 26.7 Å². The van der Waals surface area contributed by atoms with E-state index < -0.39 is 10.0 Å². The van der Waals surface area contributed by atoms with Crippen molar-refractivity contribution in [2.45, 2.75) is 33.1 Å². The van der Waals surface area contributed by atoms with Gasteiger partial charge in [0.25, 0.3) is 5.91 Å². The van der Waals surface area contributed by atoms with E-state index in [-0.39, 0.29) is 18.2 Å². The van der Waals surface area contributed by atoms with Gasteiger partial charge in [0.05, 0.1) is 11.4 Å². The second-order valence-electron chi connectivity index (χ2n) is 6.42. The van der Waals surface area contributed by atoms with Gasteiger partial charge in [-0.3, -0.25) is 9.48 Å². The number of sulfonamides is 1. The van der Waals surface area contributed by atoms with E-state index in [9.17, 15) is 13.2 Å². The quantitative estimate of drug-likeness (QED) is 0.793. The van der Waals surface area contributed by atoms with E-state index in [1.54, 1.807) is 17.8 Å². The lowest BCUT2D eigenvalue weighted by atomic mass is 10.1. The topological polar surface area (TPSA) is 84.3 Å². The van der Waals surface area contributed by atoms with Crippen LogP contribution in [0.25, 0.3) is 0 Å². The predicted molar refractivity (Wildman–Crippen MR) is 88.7 cm³/mol. The molecule has 1 amide bonds. The number of carbonyl (C=O) groups excluding carboxylic acids is 1. The fraction of sp³-hybridized carbons (Fsp3) is 0.733. The molecule has 130 valence electrons. The van der Waals surface area contributed by atoms with Crippen molar-refractivity contribution in [3.8, 4) is 0 Å². The largest absolute Gasteiger partial charge is 0.350 e. The molecule has 23 heavy (non-hydrogen) atoms. The van der Waals surface area contributed by atoms with E-state index in [1.807, 2.05) is 0 Å². The molecule has 1 saturated heterocycles. The maximum atomic E-state index is 12.2. The van der Waals surface area contributed by atoms with Gasteiger partial charge in [0.2, 0.25) is 10.0 Å². The van der Waals surface area contributed by atoms with Crippen LogP contribution in [-0.2, 0) is 23.5 Å². The third-order valence-corrected chi connectivity index (χ3v) is 5.76. The first-order valence-electron chi connectivity index (χ1n) is 8.08. The maximum Gasteiger partial charge on any atom is 0.269 e. The molecule has 8 heteroatoms. The van der Waals surface area contributed by atoms with Crippen LogP contribution in [0, 0.1) is 5.92 Å². The molecule has 0 radical (unpaired) electrons. The minimum atomic E-state index is -3.26. The van der Waals surface area contributed by atoms with Gasteiger partial charge in [-0.25, -0.2) is 12.7 Å². The number of amides is 1. The summed E-state index contributed by atoms with van der Waals surface area (Å²) in [6.07, 6.45) is 2.64. The van der Waals surface area contributed by atoms with Gasteiger partial charge in [-0.1, -0.05) is 13.8 Å². The van der Waals surface area contributed by atoms with E-state index in [0.717, 1.165) is 25.0 Å². The van der Waals surface area contributed by atoms with E-state index in [1.165, 1.54) is 4.31 Å². The highest BCUT2D eigenvalue weighted by atomic mass is 32.2. The maximum absolute atomic E-state index is 12.2. The Morgan fingerprint density at radius 1 is 1.35 bits per heavy atom. The molecule has 0 spiro atoms. The first kappa shape index (κ1) is 17.9. The molecule has 1 aliphatic rings. The molecule has 0 unspecified atom stereocenters. The number of carbonyl (C=O) groups is 1. The summed E-state index contributed by atoms with van der Waals surface area (Å²) in [5.41, 5.74) is 1.33. The fourth-order valence-electron chi connectivity index (χ4n) is 2.74. The average Bonchev–Trinajstić information content (AvgIpc) is 3.07. The number of rotatable bonds is 7. The Kier molecular flexibility index (Phi) is 5.80. The molecule has 7 nitrogen and oxygen atoms in total. The van der Waals surface area contributed by atoms with E-state index in [0.29, 0.717) is 24.7 Å². The molecule has 1 aliphatic heterocycles. The highest BCUT2D eigenvalue weighted by Gasteiger charge is 2.25. The Morgan fingerprint density at radius 2 is 2.00 bits per heavy atom. The predicted octanol–water partition coefficient (Wildman–Crippen LogP) is 0.774. The van der Waals surface area contributed by atoms with Crippen molar-refractivity contribution in [3.05, 3.63) is 17.5 Å². The Bertz CT molecular complexity index is 646. The third-order valence-electron chi connectivity index (χ3n) is 3.88. The van der Waals surface area contributed by atoms with Crippen molar-refractivity contribution >= 4 is 15.9 Å². The number of aryl methyl sites for hydroxylation is 1. The summed E-state index contributed by atoms with van der Waals surface area (Å²) < 4.78 is 27.2. The van der Waals surface area contributed by atoms with Gasteiger partial charge in [-0.15, -0.1) is 0 Å². The first-order valence-corrected chi connectivity index (χ1v) is 9.69. The zero-order chi connectivity index (χ0) is 17.0. The van der Waals surface area contributed by atoms with Crippen LogP contribution >= 0.6 is 0 Å². The van der Waals surface area contributed by atoms with E-state index in [2.05, 4.69) is 24.3 Å². The Labute approximate surface area is 138 Å². The van der Waals surface area contributed by atoms with Gasteiger partial charge >= 0.3 is 0 Å². The molecule has 0 atom stereocenters. The highest BCUT2D eigenvalue weighted by molar-refractivity contribution is 7.89. The van der Waals surface area contributed by atoms with E-state index in [4.69, 9.17) is 0 Å². The normalized spacial score (nSPS) is 16.2. The summed E-state index contributed by atoms with van der Waals surface area (Å²) in [5.74, 6) is 0.119. The number of nitrogens with one attached hydrogen (secondary N) is 1. The van der Waals surface area contributed by atoms with Crippen LogP contribution in [0.4, 0.5) is 0 Å². The second kappa shape index (κ2) is 7.44. The molecule has 0 aromatic carbocycles. The molecule has 1 fully saturated rings. The van der Waals surface area contributed by atoms with Crippen molar-refractivity contribution in [3.63, 3.8) is 0 Å². The number of aromatic nitrogens is 2. The van der Waals surface area contributed by atoms with Crippen molar-refractivity contribution in [1.82, 2.24) is 19.4 Å². The van der Waals surface area contributed by atoms with Crippen molar-refractivity contribution in [2.24, 2.45) is 13.0 Å². The first-order chi connectivity index (χ1) is 10.8.